The van der Waals surface area contributed by atoms with Gasteiger partial charge in [0.2, 0.25) is 0 Å². The number of aryl methyl sites for hydroxylation is 1. The number of nitrogens with two attached hydrogens (primary N) is 1. The highest BCUT2D eigenvalue weighted by Gasteiger charge is 2.36. The molecule has 0 amide bonds. The predicted molar refractivity (Wildman–Crippen MR) is 105 cm³/mol. The maximum absolute atomic E-state index is 13.5. The minimum atomic E-state index is -4.64. The Morgan fingerprint density at radius 3 is 2.38 bits per heavy atom. The minimum Gasteiger partial charge on any atom is -0.398 e. The fourth-order valence-electron chi connectivity index (χ4n) is 3.75. The summed E-state index contributed by atoms with van der Waals surface area (Å²) in [6.45, 7) is 3.28. The van der Waals surface area contributed by atoms with Crippen LogP contribution in [0.3, 0.4) is 0 Å². The van der Waals surface area contributed by atoms with Gasteiger partial charge in [0.15, 0.2) is 5.82 Å². The molecule has 1 unspecified atom stereocenters. The van der Waals surface area contributed by atoms with E-state index in [0.717, 1.165) is 12.1 Å². The van der Waals surface area contributed by atoms with Crippen LogP contribution < -0.4 is 5.73 Å². The zero-order chi connectivity index (χ0) is 23.4. The van der Waals surface area contributed by atoms with Gasteiger partial charge in [-0.3, -0.25) is 0 Å². The molecule has 4 rings (SSSR count). The van der Waals surface area contributed by atoms with E-state index in [4.69, 9.17) is 10.3 Å². The number of hydrogen-bond donors (Lipinski definition) is 1. The molecule has 0 spiro atoms. The molecule has 0 radical (unpaired) electrons. The van der Waals surface area contributed by atoms with Crippen molar-refractivity contribution in [3.8, 4) is 11.5 Å². The lowest BCUT2D eigenvalue weighted by Crippen LogP contribution is -2.12. The summed E-state index contributed by atoms with van der Waals surface area (Å²) in [5, 5.41) is 3.78. The highest BCUT2D eigenvalue weighted by molar-refractivity contribution is 5.89. The summed E-state index contributed by atoms with van der Waals surface area (Å²) >= 11 is 0. The summed E-state index contributed by atoms with van der Waals surface area (Å²) < 4.78 is 86.3. The Morgan fingerprint density at radius 2 is 1.72 bits per heavy atom. The van der Waals surface area contributed by atoms with E-state index in [-0.39, 0.29) is 33.9 Å². The van der Waals surface area contributed by atoms with E-state index >= 15 is 0 Å². The van der Waals surface area contributed by atoms with Crippen LogP contribution in [0.4, 0.5) is 32.0 Å². The van der Waals surface area contributed by atoms with Gasteiger partial charge in [-0.2, -0.15) is 31.3 Å². The predicted octanol–water partition coefficient (Wildman–Crippen LogP) is 6.23. The van der Waals surface area contributed by atoms with E-state index in [1.165, 1.54) is 30.3 Å². The summed E-state index contributed by atoms with van der Waals surface area (Å²) in [4.78, 5) is 4.18. The molecule has 4 aromatic rings. The average molecular weight is 454 g/mol. The lowest BCUT2D eigenvalue weighted by molar-refractivity contribution is -0.137. The number of aromatic nitrogens is 3. The van der Waals surface area contributed by atoms with Gasteiger partial charge in [0.05, 0.1) is 17.2 Å². The van der Waals surface area contributed by atoms with Crippen molar-refractivity contribution < 1.29 is 30.9 Å². The van der Waals surface area contributed by atoms with Crippen LogP contribution in [-0.4, -0.2) is 14.7 Å². The standard InChI is InChI=1S/C21H16F6N4O/c1-10-8-14-16(7-6-15(28)17(14)21(25,26)27)31(10)11(2)18-29-19(32-30-18)12-4-3-5-13(9-12)20(22,23)24/h3-9,11H,28H2,1-2H3. The van der Waals surface area contributed by atoms with E-state index in [1.54, 1.807) is 18.4 Å². The molecule has 0 aliphatic heterocycles. The molecule has 0 bridgehead atoms. The largest absolute Gasteiger partial charge is 0.419 e. The highest BCUT2D eigenvalue weighted by atomic mass is 19.4. The molecule has 1 atom stereocenters. The number of rotatable bonds is 3. The molecule has 0 fully saturated rings. The molecule has 168 valence electrons. The van der Waals surface area contributed by atoms with Crippen LogP contribution in [0.15, 0.2) is 47.0 Å². The van der Waals surface area contributed by atoms with Crippen LogP contribution in [0.5, 0.6) is 0 Å². The van der Waals surface area contributed by atoms with E-state index in [1.807, 2.05) is 0 Å². The lowest BCUT2D eigenvalue weighted by Gasteiger charge is -2.16. The van der Waals surface area contributed by atoms with Crippen molar-refractivity contribution in [1.29, 1.82) is 0 Å². The number of fused-ring (bicyclic) bond motifs is 1. The third kappa shape index (κ3) is 3.67. The second-order valence-electron chi connectivity index (χ2n) is 7.33. The first-order chi connectivity index (χ1) is 14.9. The van der Waals surface area contributed by atoms with Crippen LogP contribution in [-0.2, 0) is 12.4 Å². The van der Waals surface area contributed by atoms with Gasteiger partial charge < -0.3 is 14.8 Å². The van der Waals surface area contributed by atoms with Crippen molar-refractivity contribution in [2.75, 3.05) is 5.73 Å². The van der Waals surface area contributed by atoms with Crippen molar-refractivity contribution in [1.82, 2.24) is 14.7 Å². The van der Waals surface area contributed by atoms with E-state index in [9.17, 15) is 26.3 Å². The van der Waals surface area contributed by atoms with Gasteiger partial charge in [-0.25, -0.2) is 0 Å². The number of hydrogen-bond acceptors (Lipinski definition) is 4. The lowest BCUT2D eigenvalue weighted by atomic mass is 10.1. The first-order valence-electron chi connectivity index (χ1n) is 9.36. The van der Waals surface area contributed by atoms with Crippen molar-refractivity contribution in [3.63, 3.8) is 0 Å². The molecule has 2 N–H and O–H groups in total. The molecule has 0 saturated carbocycles. The average Bonchev–Trinajstić information content (AvgIpc) is 3.30. The maximum atomic E-state index is 13.5. The first kappa shape index (κ1) is 21.7. The molecular weight excluding hydrogens is 438 g/mol. The number of nitrogens with zero attached hydrogens (tertiary/aromatic N) is 3. The Balaban J connectivity index is 1.77. The van der Waals surface area contributed by atoms with Gasteiger partial charge in [0, 0.05) is 27.8 Å². The summed E-state index contributed by atoms with van der Waals surface area (Å²) in [6.07, 6.45) is -9.18. The summed E-state index contributed by atoms with van der Waals surface area (Å²) in [5.74, 6) is -0.0318. The second kappa shape index (κ2) is 7.28. The molecule has 0 aliphatic rings. The Bertz CT molecular complexity index is 1300. The molecule has 2 aromatic carbocycles. The third-order valence-corrected chi connectivity index (χ3v) is 5.17. The van der Waals surface area contributed by atoms with Crippen molar-refractivity contribution in [2.45, 2.75) is 32.2 Å². The fourth-order valence-corrected chi connectivity index (χ4v) is 3.75. The van der Waals surface area contributed by atoms with Crippen LogP contribution >= 0.6 is 0 Å². The van der Waals surface area contributed by atoms with Gasteiger partial charge in [0.1, 0.15) is 0 Å². The maximum Gasteiger partial charge on any atom is 0.419 e. The van der Waals surface area contributed by atoms with Gasteiger partial charge in [-0.1, -0.05) is 11.2 Å². The first-order valence-corrected chi connectivity index (χ1v) is 9.36. The number of benzene rings is 2. The smallest absolute Gasteiger partial charge is 0.398 e. The zero-order valence-electron chi connectivity index (χ0n) is 16.7. The van der Waals surface area contributed by atoms with Gasteiger partial charge in [-0.15, -0.1) is 0 Å². The number of nitrogen functional groups attached to an aromatic ring is 1. The Hall–Kier alpha value is -3.50. The molecule has 2 aromatic heterocycles. The summed E-state index contributed by atoms with van der Waals surface area (Å²) in [5.41, 5.74) is 4.23. The highest BCUT2D eigenvalue weighted by Crippen LogP contribution is 2.41. The van der Waals surface area contributed by atoms with Crippen molar-refractivity contribution in [2.24, 2.45) is 0 Å². The molecule has 11 heteroatoms. The van der Waals surface area contributed by atoms with Crippen LogP contribution in [0.1, 0.15) is 35.6 Å². The number of halogens is 6. The van der Waals surface area contributed by atoms with Crippen molar-refractivity contribution in [3.05, 3.63) is 65.1 Å². The quantitative estimate of drug-likeness (QED) is 0.294. The molecule has 2 heterocycles. The SMILES string of the molecule is Cc1cc2c(C(F)(F)F)c(N)ccc2n1C(C)c1noc(-c2cccc(C(F)(F)F)c2)n1. The monoisotopic (exact) mass is 454 g/mol. The fraction of sp³-hybridized carbons (Fsp3) is 0.238. The molecule has 0 saturated heterocycles. The molecule has 0 aliphatic carbocycles. The van der Waals surface area contributed by atoms with Crippen LogP contribution in [0, 0.1) is 6.92 Å². The number of anilines is 1. The zero-order valence-corrected chi connectivity index (χ0v) is 16.7. The molecule has 5 nitrogen and oxygen atoms in total. The van der Waals surface area contributed by atoms with Crippen LogP contribution in [0.2, 0.25) is 0 Å². The van der Waals surface area contributed by atoms with E-state index in [0.29, 0.717) is 5.69 Å². The Morgan fingerprint density at radius 1 is 1.00 bits per heavy atom. The van der Waals surface area contributed by atoms with Crippen molar-refractivity contribution >= 4 is 16.6 Å². The second-order valence-corrected chi connectivity index (χ2v) is 7.33. The summed E-state index contributed by atoms with van der Waals surface area (Å²) in [7, 11) is 0. The molecular formula is C21H16F6N4O. The van der Waals surface area contributed by atoms with E-state index < -0.39 is 29.5 Å². The van der Waals surface area contributed by atoms with E-state index in [2.05, 4.69) is 10.1 Å². The van der Waals surface area contributed by atoms with Gasteiger partial charge in [0.25, 0.3) is 5.89 Å². The Kier molecular flexibility index (Phi) is 4.94. The normalized spacial score (nSPS) is 13.6. The van der Waals surface area contributed by atoms with Gasteiger partial charge >= 0.3 is 12.4 Å². The minimum absolute atomic E-state index is 0.0663. The topological polar surface area (TPSA) is 69.9 Å². The third-order valence-electron chi connectivity index (χ3n) is 5.17. The number of alkyl halides is 6. The van der Waals surface area contributed by atoms with Gasteiger partial charge in [-0.05, 0) is 50.2 Å². The summed E-state index contributed by atoms with van der Waals surface area (Å²) in [6, 6.07) is 7.78. The Labute approximate surface area is 177 Å². The van der Waals surface area contributed by atoms with Crippen LogP contribution in [0.25, 0.3) is 22.4 Å². The molecule has 32 heavy (non-hydrogen) atoms.